The number of ether oxygens (including phenoxy) is 1. The molecule has 0 atom stereocenters. The molecule has 0 aliphatic rings. The quantitative estimate of drug-likeness (QED) is 0.567. The smallest absolute Gasteiger partial charge is 0.163 e. The van der Waals surface area contributed by atoms with Crippen LogP contribution in [0.4, 0.5) is 0 Å². The average Bonchev–Trinajstić information content (AvgIpc) is 2.25. The van der Waals surface area contributed by atoms with Crippen molar-refractivity contribution in [2.45, 2.75) is 39.7 Å². The normalized spacial score (nSPS) is 10.6. The summed E-state index contributed by atoms with van der Waals surface area (Å²) in [6.45, 7) is 5.89. The van der Waals surface area contributed by atoms with Crippen LogP contribution in [0.15, 0.2) is 18.2 Å². The third kappa shape index (κ3) is 4.39. The number of halogens is 1. The molecule has 17 heavy (non-hydrogen) atoms. The van der Waals surface area contributed by atoms with Crippen molar-refractivity contribution in [1.82, 2.24) is 0 Å². The van der Waals surface area contributed by atoms with E-state index in [1.807, 2.05) is 39.0 Å². The lowest BCUT2D eigenvalue weighted by Gasteiger charge is -2.12. The second-order valence-corrected chi connectivity index (χ2v) is 4.74. The van der Waals surface area contributed by atoms with Gasteiger partial charge in [0, 0.05) is 17.9 Å². The van der Waals surface area contributed by atoms with Gasteiger partial charge in [-0.3, -0.25) is 4.79 Å². The third-order valence-electron chi connectivity index (χ3n) is 2.41. The number of aryl methyl sites for hydroxylation is 1. The van der Waals surface area contributed by atoms with Crippen molar-refractivity contribution >= 4 is 17.4 Å². The largest absolute Gasteiger partial charge is 0.491 e. The number of carbonyl (C=O) groups is 1. The number of benzene rings is 1. The van der Waals surface area contributed by atoms with E-state index >= 15 is 0 Å². The van der Waals surface area contributed by atoms with Crippen LogP contribution in [0.3, 0.4) is 0 Å². The fraction of sp³-hybridized carbons (Fsp3) is 0.500. The molecular weight excluding hydrogens is 236 g/mol. The van der Waals surface area contributed by atoms with Gasteiger partial charge in [0.2, 0.25) is 0 Å². The van der Waals surface area contributed by atoms with Crippen LogP contribution < -0.4 is 4.74 Å². The van der Waals surface area contributed by atoms with Crippen molar-refractivity contribution in [2.24, 2.45) is 0 Å². The first-order chi connectivity index (χ1) is 8.04. The Kier molecular flexibility index (Phi) is 5.49. The Morgan fingerprint density at radius 2 is 2.12 bits per heavy atom. The van der Waals surface area contributed by atoms with Gasteiger partial charge < -0.3 is 4.74 Å². The van der Waals surface area contributed by atoms with Gasteiger partial charge in [0.25, 0.3) is 0 Å². The van der Waals surface area contributed by atoms with Crippen molar-refractivity contribution in [3.8, 4) is 5.75 Å². The second kappa shape index (κ2) is 6.65. The summed E-state index contributed by atoms with van der Waals surface area (Å²) in [6, 6.07) is 5.60. The van der Waals surface area contributed by atoms with Crippen LogP contribution in [0.1, 0.15) is 42.6 Å². The average molecular weight is 255 g/mol. The standard InChI is InChI=1S/C14H19ClO2/c1-10(2)17-12-6-7-13(11(3)9-12)14(16)5-4-8-15/h6-7,9-10H,4-5,8H2,1-3H3. The van der Waals surface area contributed by atoms with E-state index in [0.29, 0.717) is 12.3 Å². The summed E-state index contributed by atoms with van der Waals surface area (Å²) in [5.74, 6) is 1.49. The molecule has 0 heterocycles. The van der Waals surface area contributed by atoms with E-state index in [1.54, 1.807) is 0 Å². The number of hydrogen-bond acceptors (Lipinski definition) is 2. The van der Waals surface area contributed by atoms with E-state index in [9.17, 15) is 4.79 Å². The van der Waals surface area contributed by atoms with E-state index in [4.69, 9.17) is 16.3 Å². The van der Waals surface area contributed by atoms with Crippen LogP contribution in [0, 0.1) is 6.92 Å². The number of alkyl halides is 1. The minimum atomic E-state index is 0.146. The summed E-state index contributed by atoms with van der Waals surface area (Å²) in [5, 5.41) is 0. The third-order valence-corrected chi connectivity index (χ3v) is 2.67. The van der Waals surface area contributed by atoms with Crippen molar-refractivity contribution in [3.63, 3.8) is 0 Å². The van der Waals surface area contributed by atoms with Gasteiger partial charge >= 0.3 is 0 Å². The molecule has 0 radical (unpaired) electrons. The lowest BCUT2D eigenvalue weighted by molar-refractivity contribution is 0.0981. The molecule has 0 saturated carbocycles. The van der Waals surface area contributed by atoms with E-state index in [0.717, 1.165) is 23.3 Å². The van der Waals surface area contributed by atoms with Crippen LogP contribution in [0.5, 0.6) is 5.75 Å². The molecule has 1 rings (SSSR count). The van der Waals surface area contributed by atoms with Crippen LogP contribution in [0.2, 0.25) is 0 Å². The van der Waals surface area contributed by atoms with E-state index < -0.39 is 0 Å². The SMILES string of the molecule is Cc1cc(OC(C)C)ccc1C(=O)CCCCl. The lowest BCUT2D eigenvalue weighted by atomic mass is 10.0. The zero-order chi connectivity index (χ0) is 12.8. The van der Waals surface area contributed by atoms with Gasteiger partial charge in [0.1, 0.15) is 5.75 Å². The zero-order valence-corrected chi connectivity index (χ0v) is 11.4. The number of rotatable bonds is 6. The molecule has 0 aromatic heterocycles. The van der Waals surface area contributed by atoms with E-state index in [-0.39, 0.29) is 11.9 Å². The maximum Gasteiger partial charge on any atom is 0.163 e. The second-order valence-electron chi connectivity index (χ2n) is 4.36. The predicted octanol–water partition coefficient (Wildman–Crippen LogP) is 3.98. The highest BCUT2D eigenvalue weighted by molar-refractivity contribution is 6.18. The maximum atomic E-state index is 11.9. The van der Waals surface area contributed by atoms with Crippen LogP contribution >= 0.6 is 11.6 Å². The summed E-state index contributed by atoms with van der Waals surface area (Å²) in [4.78, 5) is 11.9. The number of carbonyl (C=O) groups excluding carboxylic acids is 1. The first-order valence-corrected chi connectivity index (χ1v) is 6.44. The zero-order valence-electron chi connectivity index (χ0n) is 10.6. The highest BCUT2D eigenvalue weighted by Gasteiger charge is 2.09. The Morgan fingerprint density at radius 1 is 1.41 bits per heavy atom. The fourth-order valence-electron chi connectivity index (χ4n) is 1.66. The van der Waals surface area contributed by atoms with Crippen molar-refractivity contribution in [2.75, 3.05) is 5.88 Å². The van der Waals surface area contributed by atoms with Crippen molar-refractivity contribution < 1.29 is 9.53 Å². The Bertz CT molecular complexity index is 386. The molecule has 0 aliphatic heterocycles. The topological polar surface area (TPSA) is 26.3 Å². The highest BCUT2D eigenvalue weighted by atomic mass is 35.5. The molecule has 0 aliphatic carbocycles. The molecule has 0 fully saturated rings. The summed E-state index contributed by atoms with van der Waals surface area (Å²) in [6.07, 6.45) is 1.38. The molecule has 1 aromatic carbocycles. The Hall–Kier alpha value is -1.02. The molecule has 2 nitrogen and oxygen atoms in total. The minimum absolute atomic E-state index is 0.146. The molecule has 0 N–H and O–H groups in total. The molecule has 94 valence electrons. The first kappa shape index (κ1) is 14.0. The van der Waals surface area contributed by atoms with Crippen molar-refractivity contribution in [3.05, 3.63) is 29.3 Å². The number of ketones is 1. The molecule has 0 bridgehead atoms. The van der Waals surface area contributed by atoms with Crippen LogP contribution in [-0.4, -0.2) is 17.8 Å². The van der Waals surface area contributed by atoms with Gasteiger partial charge in [-0.15, -0.1) is 11.6 Å². The van der Waals surface area contributed by atoms with Gasteiger partial charge in [-0.2, -0.15) is 0 Å². The summed E-state index contributed by atoms with van der Waals surface area (Å²) in [5.41, 5.74) is 1.73. The van der Waals surface area contributed by atoms with Crippen molar-refractivity contribution in [1.29, 1.82) is 0 Å². The Morgan fingerprint density at radius 3 is 2.65 bits per heavy atom. The fourth-order valence-corrected chi connectivity index (χ4v) is 1.79. The molecule has 0 spiro atoms. The predicted molar refractivity (Wildman–Crippen MR) is 71.2 cm³/mol. The molecule has 3 heteroatoms. The maximum absolute atomic E-state index is 11.9. The van der Waals surface area contributed by atoms with Gasteiger partial charge in [-0.1, -0.05) is 0 Å². The summed E-state index contributed by atoms with van der Waals surface area (Å²) in [7, 11) is 0. The molecule has 0 amide bonds. The number of hydrogen-bond donors (Lipinski definition) is 0. The van der Waals surface area contributed by atoms with Crippen LogP contribution in [-0.2, 0) is 0 Å². The molecular formula is C14H19ClO2. The minimum Gasteiger partial charge on any atom is -0.491 e. The molecule has 1 aromatic rings. The Balaban J connectivity index is 2.78. The van der Waals surface area contributed by atoms with Gasteiger partial charge in [-0.25, -0.2) is 0 Å². The van der Waals surface area contributed by atoms with Gasteiger partial charge in [0.15, 0.2) is 5.78 Å². The Labute approximate surface area is 108 Å². The lowest BCUT2D eigenvalue weighted by Crippen LogP contribution is -2.07. The summed E-state index contributed by atoms with van der Waals surface area (Å²) >= 11 is 5.58. The molecule has 0 unspecified atom stereocenters. The van der Waals surface area contributed by atoms with E-state index in [2.05, 4.69) is 0 Å². The summed E-state index contributed by atoms with van der Waals surface area (Å²) < 4.78 is 5.58. The van der Waals surface area contributed by atoms with Gasteiger partial charge in [-0.05, 0) is 51.0 Å². The first-order valence-electron chi connectivity index (χ1n) is 5.91. The molecule has 0 saturated heterocycles. The van der Waals surface area contributed by atoms with E-state index in [1.165, 1.54) is 0 Å². The monoisotopic (exact) mass is 254 g/mol. The van der Waals surface area contributed by atoms with Gasteiger partial charge in [0.05, 0.1) is 6.10 Å². The number of Topliss-reactive ketones (excluding diaryl/α,β-unsaturated/α-hetero) is 1. The van der Waals surface area contributed by atoms with Crippen LogP contribution in [0.25, 0.3) is 0 Å². The highest BCUT2D eigenvalue weighted by Crippen LogP contribution is 2.20.